The first kappa shape index (κ1) is 13.1. The molecule has 0 unspecified atom stereocenters. The van der Waals surface area contributed by atoms with Crippen LogP contribution in [0.2, 0.25) is 0 Å². The molecule has 1 rings (SSSR count). The van der Waals surface area contributed by atoms with Crippen LogP contribution in [0.25, 0.3) is 0 Å². The van der Waals surface area contributed by atoms with E-state index in [4.69, 9.17) is 0 Å². The number of hydrogen-bond donors (Lipinski definition) is 1. The molecule has 0 saturated carbocycles. The van der Waals surface area contributed by atoms with Crippen LogP contribution in [-0.2, 0) is 12.0 Å². The standard InChI is InChI=1S/C13H24N2O/c1-7-8-10-12(16)11(9(2)3)14-15(10)13(4,5)6/h9,16H,7-8H2,1-6H3. The van der Waals surface area contributed by atoms with E-state index in [0.717, 1.165) is 24.2 Å². The van der Waals surface area contributed by atoms with E-state index in [-0.39, 0.29) is 11.5 Å². The lowest BCUT2D eigenvalue weighted by molar-refractivity contribution is 0.337. The van der Waals surface area contributed by atoms with Gasteiger partial charge in [-0.15, -0.1) is 0 Å². The molecule has 0 amide bonds. The summed E-state index contributed by atoms with van der Waals surface area (Å²) in [5.41, 5.74) is 1.71. The Morgan fingerprint density at radius 3 is 2.25 bits per heavy atom. The summed E-state index contributed by atoms with van der Waals surface area (Å²) in [6.45, 7) is 12.6. The minimum Gasteiger partial charge on any atom is -0.504 e. The van der Waals surface area contributed by atoms with Crippen molar-refractivity contribution in [2.75, 3.05) is 0 Å². The Bertz CT molecular complexity index is 359. The molecular formula is C13H24N2O. The third-order valence-corrected chi connectivity index (χ3v) is 2.65. The van der Waals surface area contributed by atoms with E-state index < -0.39 is 0 Å². The van der Waals surface area contributed by atoms with Gasteiger partial charge in [0.15, 0.2) is 5.75 Å². The summed E-state index contributed by atoms with van der Waals surface area (Å²) in [7, 11) is 0. The SMILES string of the molecule is CCCc1c(O)c(C(C)C)nn1C(C)(C)C. The fourth-order valence-electron chi connectivity index (χ4n) is 1.87. The summed E-state index contributed by atoms with van der Waals surface area (Å²) in [4.78, 5) is 0. The zero-order valence-corrected chi connectivity index (χ0v) is 11.3. The maximum Gasteiger partial charge on any atom is 0.160 e. The third kappa shape index (κ3) is 2.39. The quantitative estimate of drug-likeness (QED) is 0.854. The van der Waals surface area contributed by atoms with E-state index in [9.17, 15) is 5.11 Å². The molecule has 0 spiro atoms. The van der Waals surface area contributed by atoms with Gasteiger partial charge in [-0.05, 0) is 27.2 Å². The number of rotatable bonds is 3. The fraction of sp³-hybridized carbons (Fsp3) is 0.769. The van der Waals surface area contributed by atoms with Gasteiger partial charge < -0.3 is 5.11 Å². The lowest BCUT2D eigenvalue weighted by Gasteiger charge is -2.22. The summed E-state index contributed by atoms with van der Waals surface area (Å²) in [6.07, 6.45) is 1.90. The molecule has 0 aromatic carbocycles. The smallest absolute Gasteiger partial charge is 0.160 e. The van der Waals surface area contributed by atoms with Crippen LogP contribution in [-0.4, -0.2) is 14.9 Å². The maximum atomic E-state index is 10.2. The molecule has 1 N–H and O–H groups in total. The van der Waals surface area contributed by atoms with E-state index in [1.807, 2.05) is 4.68 Å². The average molecular weight is 224 g/mol. The van der Waals surface area contributed by atoms with Crippen molar-refractivity contribution in [3.8, 4) is 5.75 Å². The molecule has 0 aliphatic carbocycles. The number of hydrogen-bond acceptors (Lipinski definition) is 2. The first-order valence-electron chi connectivity index (χ1n) is 6.10. The molecule has 1 aromatic heterocycles. The number of aromatic nitrogens is 2. The zero-order valence-electron chi connectivity index (χ0n) is 11.3. The minimum absolute atomic E-state index is 0.0743. The second-order valence-corrected chi connectivity index (χ2v) is 5.67. The number of nitrogens with zero attached hydrogens (tertiary/aromatic N) is 2. The monoisotopic (exact) mass is 224 g/mol. The Balaban J connectivity index is 3.31. The Labute approximate surface area is 98.5 Å². The van der Waals surface area contributed by atoms with Crippen molar-refractivity contribution < 1.29 is 5.11 Å². The van der Waals surface area contributed by atoms with Gasteiger partial charge in [0.25, 0.3) is 0 Å². The summed E-state index contributed by atoms with van der Waals surface area (Å²) in [5, 5.41) is 14.8. The summed E-state index contributed by atoms with van der Waals surface area (Å²) in [5.74, 6) is 0.658. The van der Waals surface area contributed by atoms with E-state index >= 15 is 0 Å². The van der Waals surface area contributed by atoms with Gasteiger partial charge in [0, 0.05) is 5.92 Å². The molecule has 92 valence electrons. The van der Waals surface area contributed by atoms with Crippen LogP contribution in [0, 0.1) is 0 Å². The highest BCUT2D eigenvalue weighted by molar-refractivity contribution is 5.35. The molecule has 1 aromatic rings. The van der Waals surface area contributed by atoms with Crippen molar-refractivity contribution >= 4 is 0 Å². The van der Waals surface area contributed by atoms with Gasteiger partial charge >= 0.3 is 0 Å². The van der Waals surface area contributed by atoms with Crippen molar-refractivity contribution in [2.24, 2.45) is 0 Å². The Kier molecular flexibility index (Phi) is 3.66. The van der Waals surface area contributed by atoms with Gasteiger partial charge in [-0.25, -0.2) is 0 Å². The molecule has 0 aliphatic rings. The lowest BCUT2D eigenvalue weighted by Crippen LogP contribution is -2.25. The highest BCUT2D eigenvalue weighted by atomic mass is 16.3. The molecule has 0 bridgehead atoms. The normalized spacial score (nSPS) is 12.4. The Morgan fingerprint density at radius 2 is 1.88 bits per heavy atom. The van der Waals surface area contributed by atoms with Gasteiger partial charge in [0.2, 0.25) is 0 Å². The van der Waals surface area contributed by atoms with Crippen LogP contribution in [0.3, 0.4) is 0 Å². The van der Waals surface area contributed by atoms with Gasteiger partial charge in [-0.3, -0.25) is 4.68 Å². The second-order valence-electron chi connectivity index (χ2n) is 5.67. The minimum atomic E-state index is -0.0743. The zero-order chi connectivity index (χ0) is 12.5. The van der Waals surface area contributed by atoms with Crippen LogP contribution in [0.1, 0.15) is 65.3 Å². The van der Waals surface area contributed by atoms with E-state index in [1.54, 1.807) is 0 Å². The second kappa shape index (κ2) is 4.48. The summed E-state index contributed by atoms with van der Waals surface area (Å²) >= 11 is 0. The first-order valence-corrected chi connectivity index (χ1v) is 6.10. The topological polar surface area (TPSA) is 38.1 Å². The molecule has 0 saturated heterocycles. The van der Waals surface area contributed by atoms with Crippen LogP contribution < -0.4 is 0 Å². The molecule has 0 atom stereocenters. The van der Waals surface area contributed by atoms with Crippen LogP contribution >= 0.6 is 0 Å². The third-order valence-electron chi connectivity index (χ3n) is 2.65. The predicted molar refractivity (Wildman–Crippen MR) is 67.0 cm³/mol. The molecule has 3 heteroatoms. The largest absolute Gasteiger partial charge is 0.504 e. The molecule has 1 heterocycles. The average Bonchev–Trinajstić information content (AvgIpc) is 2.44. The summed E-state index contributed by atoms with van der Waals surface area (Å²) < 4.78 is 1.97. The van der Waals surface area contributed by atoms with E-state index in [0.29, 0.717) is 5.75 Å². The Hall–Kier alpha value is -0.990. The Morgan fingerprint density at radius 1 is 1.31 bits per heavy atom. The molecule has 16 heavy (non-hydrogen) atoms. The highest BCUT2D eigenvalue weighted by Crippen LogP contribution is 2.32. The van der Waals surface area contributed by atoms with Gasteiger partial charge in [0.05, 0.1) is 11.2 Å². The fourth-order valence-corrected chi connectivity index (χ4v) is 1.87. The lowest BCUT2D eigenvalue weighted by atomic mass is 10.1. The molecule has 0 fully saturated rings. The molecular weight excluding hydrogens is 200 g/mol. The molecule has 3 nitrogen and oxygen atoms in total. The first-order chi connectivity index (χ1) is 7.29. The highest BCUT2D eigenvalue weighted by Gasteiger charge is 2.25. The maximum absolute atomic E-state index is 10.2. The summed E-state index contributed by atoms with van der Waals surface area (Å²) in [6, 6.07) is 0. The van der Waals surface area contributed by atoms with Crippen molar-refractivity contribution in [3.63, 3.8) is 0 Å². The van der Waals surface area contributed by atoms with Gasteiger partial charge in [0.1, 0.15) is 5.69 Å². The van der Waals surface area contributed by atoms with Gasteiger partial charge in [-0.2, -0.15) is 5.10 Å². The van der Waals surface area contributed by atoms with Crippen molar-refractivity contribution in [3.05, 3.63) is 11.4 Å². The van der Waals surface area contributed by atoms with Gasteiger partial charge in [-0.1, -0.05) is 27.2 Å². The van der Waals surface area contributed by atoms with Crippen LogP contribution in [0.4, 0.5) is 0 Å². The molecule has 0 aliphatic heterocycles. The predicted octanol–water partition coefficient (Wildman–Crippen LogP) is 3.42. The van der Waals surface area contributed by atoms with Crippen LogP contribution in [0.15, 0.2) is 0 Å². The van der Waals surface area contributed by atoms with Crippen molar-refractivity contribution in [1.82, 2.24) is 9.78 Å². The van der Waals surface area contributed by atoms with E-state index in [2.05, 4.69) is 46.6 Å². The molecule has 0 radical (unpaired) electrons. The van der Waals surface area contributed by atoms with Crippen LogP contribution in [0.5, 0.6) is 5.75 Å². The van der Waals surface area contributed by atoms with E-state index in [1.165, 1.54) is 0 Å². The van der Waals surface area contributed by atoms with Crippen molar-refractivity contribution in [2.45, 2.75) is 65.8 Å². The van der Waals surface area contributed by atoms with Crippen molar-refractivity contribution in [1.29, 1.82) is 0 Å². The number of aromatic hydroxyl groups is 1.